The van der Waals surface area contributed by atoms with Crippen LogP contribution in [0.25, 0.3) is 10.9 Å². The normalized spacial score (nSPS) is 25.3. The zero-order valence-electron chi connectivity index (χ0n) is 15.6. The summed E-state index contributed by atoms with van der Waals surface area (Å²) < 4.78 is 5.93. The van der Waals surface area contributed by atoms with Gasteiger partial charge in [0.2, 0.25) is 5.88 Å². The number of rotatable bonds is 5. The number of amides is 1. The van der Waals surface area contributed by atoms with Crippen LogP contribution in [0.3, 0.4) is 0 Å². The van der Waals surface area contributed by atoms with Gasteiger partial charge in [0.1, 0.15) is 23.8 Å². The van der Waals surface area contributed by atoms with Gasteiger partial charge >= 0.3 is 0 Å². The van der Waals surface area contributed by atoms with Crippen LogP contribution >= 0.6 is 11.6 Å². The van der Waals surface area contributed by atoms with E-state index in [4.69, 9.17) is 22.1 Å². The van der Waals surface area contributed by atoms with Crippen LogP contribution in [0.2, 0.25) is 5.02 Å². The van der Waals surface area contributed by atoms with Crippen LogP contribution in [0.4, 0.5) is 5.82 Å². The van der Waals surface area contributed by atoms with E-state index in [0.29, 0.717) is 27.9 Å². The number of halogens is 1. The molecule has 3 N–H and O–H groups in total. The number of primary amides is 1. The van der Waals surface area contributed by atoms with Gasteiger partial charge in [-0.1, -0.05) is 11.6 Å². The summed E-state index contributed by atoms with van der Waals surface area (Å²) in [6, 6.07) is 9.35. The average molecular weight is 410 g/mol. The van der Waals surface area contributed by atoms with E-state index in [1.807, 2.05) is 18.2 Å². The maximum atomic E-state index is 11.5. The predicted octanol–water partition coefficient (Wildman–Crippen LogP) is 3.58. The summed E-state index contributed by atoms with van der Waals surface area (Å²) in [6.07, 6.45) is 7.30. The van der Waals surface area contributed by atoms with Crippen molar-refractivity contribution < 1.29 is 9.53 Å². The van der Waals surface area contributed by atoms with Gasteiger partial charge in [0.25, 0.3) is 5.91 Å². The van der Waals surface area contributed by atoms with Crippen molar-refractivity contribution in [1.82, 2.24) is 15.0 Å². The molecule has 1 aromatic carbocycles. The van der Waals surface area contributed by atoms with E-state index < -0.39 is 5.91 Å². The molecule has 148 valence electrons. The molecule has 8 heteroatoms. The third-order valence-electron chi connectivity index (χ3n) is 5.93. The molecule has 0 atom stereocenters. The van der Waals surface area contributed by atoms with Gasteiger partial charge < -0.3 is 15.8 Å². The summed E-state index contributed by atoms with van der Waals surface area (Å²) in [5.74, 6) is 0.659. The lowest BCUT2D eigenvalue weighted by Crippen LogP contribution is -2.56. The number of nitrogens with one attached hydrogen (secondary N) is 1. The molecule has 2 saturated carbocycles. The van der Waals surface area contributed by atoms with Crippen molar-refractivity contribution >= 4 is 34.2 Å². The number of nitrogens with zero attached hydrogens (tertiary/aromatic N) is 3. The summed E-state index contributed by atoms with van der Waals surface area (Å²) in [7, 11) is 0. The van der Waals surface area contributed by atoms with Crippen LogP contribution in [-0.2, 0) is 0 Å². The number of nitrogens with two attached hydrogens (primary N) is 1. The molecule has 2 fully saturated rings. The highest BCUT2D eigenvalue weighted by atomic mass is 35.5. The Bertz CT molecular complexity index is 1090. The molecule has 0 bridgehead atoms. The molecule has 1 spiro atoms. The number of ether oxygens (including phenoxy) is 1. The Morgan fingerprint density at radius 3 is 2.79 bits per heavy atom. The fourth-order valence-corrected chi connectivity index (χ4v) is 4.75. The first-order valence-corrected chi connectivity index (χ1v) is 9.97. The van der Waals surface area contributed by atoms with Gasteiger partial charge in [0.15, 0.2) is 0 Å². The fraction of sp³-hybridized carbons (Fsp3) is 0.333. The van der Waals surface area contributed by atoms with Crippen LogP contribution in [0.1, 0.15) is 36.0 Å². The topological polar surface area (TPSA) is 103 Å². The van der Waals surface area contributed by atoms with Crippen molar-refractivity contribution in [2.24, 2.45) is 11.1 Å². The SMILES string of the molecule is NC(=O)c1cccnc1OC1CC2(CC(Nc3ncnc4cc(Cl)ccc34)C2)C1. The zero-order valence-corrected chi connectivity index (χ0v) is 16.4. The third kappa shape index (κ3) is 3.35. The molecule has 7 nitrogen and oxygen atoms in total. The van der Waals surface area contributed by atoms with Crippen LogP contribution in [-0.4, -0.2) is 33.0 Å². The molecule has 2 heterocycles. The third-order valence-corrected chi connectivity index (χ3v) is 6.17. The number of pyridine rings is 1. The minimum absolute atomic E-state index is 0.0750. The second-order valence-electron chi connectivity index (χ2n) is 8.00. The first kappa shape index (κ1) is 18.1. The smallest absolute Gasteiger partial charge is 0.254 e. The van der Waals surface area contributed by atoms with Gasteiger partial charge in [-0.2, -0.15) is 0 Å². The summed E-state index contributed by atoms with van der Waals surface area (Å²) in [5, 5.41) is 5.18. The number of fused-ring (bicyclic) bond motifs is 1. The number of hydrogen-bond donors (Lipinski definition) is 2. The van der Waals surface area contributed by atoms with Crippen LogP contribution in [0.15, 0.2) is 42.9 Å². The van der Waals surface area contributed by atoms with E-state index in [0.717, 1.165) is 42.4 Å². The van der Waals surface area contributed by atoms with Gasteiger partial charge in [-0.3, -0.25) is 4.79 Å². The molecule has 5 rings (SSSR count). The Kier molecular flexibility index (Phi) is 4.28. The van der Waals surface area contributed by atoms with E-state index >= 15 is 0 Å². The maximum Gasteiger partial charge on any atom is 0.254 e. The lowest BCUT2D eigenvalue weighted by molar-refractivity contribution is -0.0759. The minimum Gasteiger partial charge on any atom is -0.474 e. The number of hydrogen-bond acceptors (Lipinski definition) is 6. The van der Waals surface area contributed by atoms with Gasteiger partial charge in [-0.25, -0.2) is 15.0 Å². The molecule has 29 heavy (non-hydrogen) atoms. The first-order valence-electron chi connectivity index (χ1n) is 9.60. The molecule has 1 amide bonds. The summed E-state index contributed by atoms with van der Waals surface area (Å²) in [4.78, 5) is 24.4. The fourth-order valence-electron chi connectivity index (χ4n) is 4.58. The highest BCUT2D eigenvalue weighted by Gasteiger charge is 2.54. The molecule has 0 radical (unpaired) electrons. The molecular weight excluding hydrogens is 390 g/mol. The predicted molar refractivity (Wildman–Crippen MR) is 110 cm³/mol. The number of carbonyl (C=O) groups is 1. The standard InChI is InChI=1S/C21H20ClN5O2/c22-12-3-4-15-17(6-12)25-11-26-19(15)27-13-7-21(8-13)9-14(10-21)29-20-16(18(23)28)2-1-5-24-20/h1-6,11,13-14H,7-10H2,(H2,23,28)(H,25,26,27). The Morgan fingerprint density at radius 2 is 2.00 bits per heavy atom. The summed E-state index contributed by atoms with van der Waals surface area (Å²) in [5.41, 5.74) is 6.86. The van der Waals surface area contributed by atoms with Crippen molar-refractivity contribution in [3.8, 4) is 5.88 Å². The number of anilines is 1. The Labute approximate surface area is 172 Å². The molecule has 2 aliphatic rings. The number of carbonyl (C=O) groups excluding carboxylic acids is 1. The van der Waals surface area contributed by atoms with Crippen molar-refractivity contribution in [1.29, 1.82) is 0 Å². The lowest BCUT2D eigenvalue weighted by Gasteiger charge is -2.57. The summed E-state index contributed by atoms with van der Waals surface area (Å²) in [6.45, 7) is 0. The minimum atomic E-state index is -0.520. The van der Waals surface area contributed by atoms with Crippen molar-refractivity contribution in [3.63, 3.8) is 0 Å². The molecule has 0 aliphatic heterocycles. The Morgan fingerprint density at radius 1 is 1.17 bits per heavy atom. The van der Waals surface area contributed by atoms with Crippen LogP contribution < -0.4 is 15.8 Å². The molecule has 0 saturated heterocycles. The maximum absolute atomic E-state index is 11.5. The van der Waals surface area contributed by atoms with Crippen molar-refractivity contribution in [2.75, 3.05) is 5.32 Å². The van der Waals surface area contributed by atoms with Gasteiger partial charge in [0.05, 0.1) is 5.52 Å². The van der Waals surface area contributed by atoms with Crippen molar-refractivity contribution in [3.05, 3.63) is 53.4 Å². The van der Waals surface area contributed by atoms with Crippen molar-refractivity contribution in [2.45, 2.75) is 37.8 Å². The van der Waals surface area contributed by atoms with E-state index in [1.165, 1.54) is 0 Å². The Balaban J connectivity index is 1.19. The molecule has 2 aromatic heterocycles. The molecule has 0 unspecified atom stereocenters. The van der Waals surface area contributed by atoms with Gasteiger partial charge in [-0.15, -0.1) is 0 Å². The van der Waals surface area contributed by atoms with Gasteiger partial charge in [0, 0.05) is 22.6 Å². The second-order valence-corrected chi connectivity index (χ2v) is 8.44. The van der Waals surface area contributed by atoms with E-state index in [2.05, 4.69) is 20.3 Å². The average Bonchev–Trinajstić information content (AvgIpc) is 2.64. The molecule has 3 aromatic rings. The van der Waals surface area contributed by atoms with Crippen LogP contribution in [0.5, 0.6) is 5.88 Å². The molecule has 2 aliphatic carbocycles. The highest BCUT2D eigenvalue weighted by Crippen LogP contribution is 2.57. The van der Waals surface area contributed by atoms with Gasteiger partial charge in [-0.05, 0) is 61.4 Å². The zero-order chi connectivity index (χ0) is 20.0. The highest BCUT2D eigenvalue weighted by molar-refractivity contribution is 6.31. The largest absolute Gasteiger partial charge is 0.474 e. The second kappa shape index (κ2) is 6.84. The Hall–Kier alpha value is -2.93. The lowest BCUT2D eigenvalue weighted by atomic mass is 9.53. The summed E-state index contributed by atoms with van der Waals surface area (Å²) >= 11 is 6.05. The van der Waals surface area contributed by atoms with E-state index in [-0.39, 0.29) is 6.10 Å². The van der Waals surface area contributed by atoms with Crippen LogP contribution in [0, 0.1) is 5.41 Å². The van der Waals surface area contributed by atoms with E-state index in [1.54, 1.807) is 24.7 Å². The van der Waals surface area contributed by atoms with E-state index in [9.17, 15) is 4.79 Å². The monoisotopic (exact) mass is 409 g/mol. The molecular formula is C21H20ClN5O2. The quantitative estimate of drug-likeness (QED) is 0.667. The number of aromatic nitrogens is 3. The number of benzene rings is 1. The first-order chi connectivity index (χ1) is 14.0.